The van der Waals surface area contributed by atoms with Gasteiger partial charge in [-0.3, -0.25) is 9.88 Å². The number of hydrogen-bond donors (Lipinski definition) is 0. The molecule has 0 fully saturated rings. The molecule has 0 unspecified atom stereocenters. The van der Waals surface area contributed by atoms with Crippen LogP contribution in [0.2, 0.25) is 0 Å². The number of sulfone groups is 1. The van der Waals surface area contributed by atoms with E-state index in [4.69, 9.17) is 0 Å². The summed E-state index contributed by atoms with van der Waals surface area (Å²) in [6.07, 6.45) is 5.44. The summed E-state index contributed by atoms with van der Waals surface area (Å²) in [6, 6.07) is 10.2. The van der Waals surface area contributed by atoms with Gasteiger partial charge in [-0.2, -0.15) is 0 Å². The molecule has 2 aromatic heterocycles. The Balaban J connectivity index is 1.84. The molecule has 0 aliphatic carbocycles. The van der Waals surface area contributed by atoms with Crippen molar-refractivity contribution in [1.82, 2.24) is 19.4 Å². The van der Waals surface area contributed by atoms with E-state index in [-0.39, 0.29) is 10.9 Å². The topological polar surface area (TPSA) is 68.1 Å². The van der Waals surface area contributed by atoms with Gasteiger partial charge in [-0.25, -0.2) is 13.4 Å². The van der Waals surface area contributed by atoms with E-state index in [0.29, 0.717) is 13.1 Å². The maximum Gasteiger partial charge on any atom is 0.227 e. The Morgan fingerprint density at radius 3 is 2.64 bits per heavy atom. The summed E-state index contributed by atoms with van der Waals surface area (Å²) in [7, 11) is -1.29. The van der Waals surface area contributed by atoms with Crippen LogP contribution in [-0.2, 0) is 29.5 Å². The van der Waals surface area contributed by atoms with Gasteiger partial charge in [0.2, 0.25) is 15.0 Å². The zero-order chi connectivity index (χ0) is 20.1. The van der Waals surface area contributed by atoms with Crippen molar-refractivity contribution in [3.8, 4) is 0 Å². The van der Waals surface area contributed by atoms with E-state index < -0.39 is 9.84 Å². The number of benzene rings is 1. The highest BCUT2D eigenvalue weighted by Crippen LogP contribution is 2.20. The fraction of sp³-hybridized carbons (Fsp3) is 0.429. The third-order valence-electron chi connectivity index (χ3n) is 4.90. The summed E-state index contributed by atoms with van der Waals surface area (Å²) < 4.78 is 26.7. The van der Waals surface area contributed by atoms with E-state index in [1.165, 1.54) is 5.56 Å². The zero-order valence-electron chi connectivity index (χ0n) is 16.8. The van der Waals surface area contributed by atoms with Gasteiger partial charge in [0.15, 0.2) is 0 Å². The molecule has 0 atom stereocenters. The molecule has 0 saturated carbocycles. The minimum atomic E-state index is -3.34. The van der Waals surface area contributed by atoms with Crippen molar-refractivity contribution in [3.63, 3.8) is 0 Å². The summed E-state index contributed by atoms with van der Waals surface area (Å²) >= 11 is 0. The molecule has 2 heterocycles. The highest BCUT2D eigenvalue weighted by atomic mass is 32.2. The second kappa shape index (κ2) is 8.84. The van der Waals surface area contributed by atoms with Gasteiger partial charge in [-0.1, -0.05) is 38.5 Å². The van der Waals surface area contributed by atoms with E-state index >= 15 is 0 Å². The number of pyridine rings is 1. The molecule has 0 amide bonds. The average Bonchev–Trinajstić information content (AvgIpc) is 3.09. The molecule has 7 heteroatoms. The van der Waals surface area contributed by atoms with Crippen LogP contribution in [0.5, 0.6) is 0 Å². The first kappa shape index (κ1) is 20.5. The lowest BCUT2D eigenvalue weighted by Gasteiger charge is -2.19. The molecule has 3 rings (SSSR count). The number of nitrogens with zero attached hydrogens (tertiary/aromatic N) is 4. The van der Waals surface area contributed by atoms with E-state index in [0.717, 1.165) is 36.0 Å². The lowest BCUT2D eigenvalue weighted by atomic mass is 10.1. The first-order valence-electron chi connectivity index (χ1n) is 9.74. The highest BCUT2D eigenvalue weighted by molar-refractivity contribution is 7.91. The molecule has 0 bridgehead atoms. The van der Waals surface area contributed by atoms with E-state index in [1.54, 1.807) is 19.3 Å². The van der Waals surface area contributed by atoms with Gasteiger partial charge < -0.3 is 4.57 Å². The van der Waals surface area contributed by atoms with Crippen LogP contribution in [0.25, 0.3) is 10.9 Å². The molecular formula is C21H28N4O2S. The zero-order valence-corrected chi connectivity index (χ0v) is 17.6. The van der Waals surface area contributed by atoms with Gasteiger partial charge >= 0.3 is 0 Å². The first-order valence-corrected chi connectivity index (χ1v) is 11.4. The SMILES string of the molecule is CCCCn1c(CN(C)Cc2cccc3ncccc23)cnc1S(=O)(=O)CC. The molecule has 0 N–H and O–H groups in total. The number of fused-ring (bicyclic) bond motifs is 1. The molecule has 0 aliphatic rings. The summed E-state index contributed by atoms with van der Waals surface area (Å²) in [5, 5.41) is 1.34. The van der Waals surface area contributed by atoms with Crippen LogP contribution in [-0.4, -0.2) is 40.7 Å². The third-order valence-corrected chi connectivity index (χ3v) is 6.55. The largest absolute Gasteiger partial charge is 0.318 e. The van der Waals surface area contributed by atoms with Crippen LogP contribution < -0.4 is 0 Å². The standard InChI is InChI=1S/C21H28N4O2S/c1-4-6-13-25-18(14-23-21(25)28(26,27)5-2)16-24(3)15-17-9-7-11-20-19(17)10-8-12-22-20/h7-12,14H,4-6,13,15-16H2,1-3H3. The molecular weight excluding hydrogens is 372 g/mol. The van der Waals surface area contributed by atoms with E-state index in [9.17, 15) is 8.42 Å². The van der Waals surface area contributed by atoms with Crippen molar-refractivity contribution in [3.05, 3.63) is 54.0 Å². The van der Waals surface area contributed by atoms with Crippen molar-refractivity contribution >= 4 is 20.7 Å². The van der Waals surface area contributed by atoms with Gasteiger partial charge in [-0.15, -0.1) is 0 Å². The average molecular weight is 401 g/mol. The summed E-state index contributed by atoms with van der Waals surface area (Å²) in [5.41, 5.74) is 3.12. The Kier molecular flexibility index (Phi) is 6.46. The molecule has 3 aromatic rings. The maximum absolute atomic E-state index is 12.4. The Morgan fingerprint density at radius 1 is 1.07 bits per heavy atom. The molecule has 28 heavy (non-hydrogen) atoms. The van der Waals surface area contributed by atoms with E-state index in [1.807, 2.05) is 29.8 Å². The maximum atomic E-state index is 12.4. The number of rotatable bonds is 9. The van der Waals surface area contributed by atoms with E-state index in [2.05, 4.69) is 33.9 Å². The van der Waals surface area contributed by atoms with Gasteiger partial charge in [0, 0.05) is 31.2 Å². The second-order valence-corrected chi connectivity index (χ2v) is 9.27. The normalized spacial score (nSPS) is 12.1. The van der Waals surface area contributed by atoms with Gasteiger partial charge in [0.1, 0.15) is 0 Å². The Hall–Kier alpha value is -2.25. The van der Waals surface area contributed by atoms with Crippen molar-refractivity contribution in [2.24, 2.45) is 0 Å². The monoisotopic (exact) mass is 400 g/mol. The second-order valence-electron chi connectivity index (χ2n) is 7.10. The fourth-order valence-corrected chi connectivity index (χ4v) is 4.39. The summed E-state index contributed by atoms with van der Waals surface area (Å²) in [4.78, 5) is 10.9. The minimum absolute atomic E-state index is 0.0639. The van der Waals surface area contributed by atoms with Gasteiger partial charge in [0.25, 0.3) is 0 Å². The van der Waals surface area contributed by atoms with Crippen molar-refractivity contribution in [2.45, 2.75) is 51.5 Å². The van der Waals surface area contributed by atoms with Crippen LogP contribution in [0.3, 0.4) is 0 Å². The number of hydrogen-bond acceptors (Lipinski definition) is 5. The predicted octanol–water partition coefficient (Wildman–Crippen LogP) is 3.66. The van der Waals surface area contributed by atoms with Crippen LogP contribution in [0, 0.1) is 0 Å². The number of unbranched alkanes of at least 4 members (excludes halogenated alkanes) is 1. The lowest BCUT2D eigenvalue weighted by molar-refractivity contribution is 0.308. The van der Waals surface area contributed by atoms with Crippen LogP contribution in [0.1, 0.15) is 37.9 Å². The molecule has 0 radical (unpaired) electrons. The quantitative estimate of drug-likeness (QED) is 0.548. The van der Waals surface area contributed by atoms with Crippen LogP contribution in [0.4, 0.5) is 0 Å². The summed E-state index contributed by atoms with van der Waals surface area (Å²) in [6.45, 7) is 5.82. The van der Waals surface area contributed by atoms with Gasteiger partial charge in [0.05, 0.1) is 23.2 Å². The number of imidazole rings is 1. The molecule has 0 saturated heterocycles. The first-order chi connectivity index (χ1) is 13.5. The van der Waals surface area contributed by atoms with Gasteiger partial charge in [-0.05, 0) is 31.2 Å². The third kappa shape index (κ3) is 4.42. The molecule has 1 aromatic carbocycles. The Labute approximate surface area is 167 Å². The summed E-state index contributed by atoms with van der Waals surface area (Å²) in [5.74, 6) is 0.0639. The molecule has 6 nitrogen and oxygen atoms in total. The predicted molar refractivity (Wildman–Crippen MR) is 112 cm³/mol. The number of aromatic nitrogens is 3. The molecule has 150 valence electrons. The van der Waals surface area contributed by atoms with Crippen molar-refractivity contribution in [1.29, 1.82) is 0 Å². The molecule has 0 aliphatic heterocycles. The van der Waals surface area contributed by atoms with Crippen molar-refractivity contribution < 1.29 is 8.42 Å². The minimum Gasteiger partial charge on any atom is -0.318 e. The fourth-order valence-electron chi connectivity index (χ4n) is 3.38. The Morgan fingerprint density at radius 2 is 1.89 bits per heavy atom. The van der Waals surface area contributed by atoms with Crippen LogP contribution >= 0.6 is 0 Å². The van der Waals surface area contributed by atoms with Crippen molar-refractivity contribution in [2.75, 3.05) is 12.8 Å². The Bertz CT molecular complexity index is 1040. The highest BCUT2D eigenvalue weighted by Gasteiger charge is 2.22. The lowest BCUT2D eigenvalue weighted by Crippen LogP contribution is -2.21. The molecule has 0 spiro atoms. The smallest absolute Gasteiger partial charge is 0.227 e. The van der Waals surface area contributed by atoms with Crippen LogP contribution in [0.15, 0.2) is 47.9 Å².